The molecular formula is C10H11Br2N3. The van der Waals surface area contributed by atoms with Crippen molar-refractivity contribution >= 4 is 37.5 Å². The normalized spacial score (nSPS) is 12.3. The third kappa shape index (κ3) is 1.83. The molecule has 0 aliphatic heterocycles. The maximum atomic E-state index is 4.22. The standard InChI is InChI=1S/C10H11Br2N3/c1-10(2,3)7-6(11)4-15-9(8(7)12)13-5-14-15/h4-5H,1-3H3. The van der Waals surface area contributed by atoms with Crippen molar-refractivity contribution in [3.63, 3.8) is 0 Å². The van der Waals surface area contributed by atoms with Crippen LogP contribution in [0.25, 0.3) is 5.65 Å². The number of halogens is 2. The van der Waals surface area contributed by atoms with E-state index in [0.717, 1.165) is 14.6 Å². The summed E-state index contributed by atoms with van der Waals surface area (Å²) in [4.78, 5) is 4.22. The molecule has 80 valence electrons. The predicted octanol–water partition coefficient (Wildman–Crippen LogP) is 3.55. The second kappa shape index (κ2) is 3.56. The Balaban J connectivity index is 2.84. The SMILES string of the molecule is CC(C)(C)c1c(Br)cn2ncnc2c1Br. The second-order valence-corrected chi connectivity index (χ2v) is 6.09. The van der Waals surface area contributed by atoms with Crippen LogP contribution in [0.15, 0.2) is 21.5 Å². The highest BCUT2D eigenvalue weighted by atomic mass is 79.9. The van der Waals surface area contributed by atoms with Crippen molar-refractivity contribution < 1.29 is 0 Å². The molecule has 0 unspecified atom stereocenters. The van der Waals surface area contributed by atoms with Gasteiger partial charge in [-0.3, -0.25) is 0 Å². The molecule has 0 aliphatic rings. The number of fused-ring (bicyclic) bond motifs is 1. The summed E-state index contributed by atoms with van der Waals surface area (Å²) in [7, 11) is 0. The van der Waals surface area contributed by atoms with Gasteiger partial charge < -0.3 is 0 Å². The van der Waals surface area contributed by atoms with Crippen LogP contribution in [0.1, 0.15) is 26.3 Å². The molecule has 0 N–H and O–H groups in total. The maximum absolute atomic E-state index is 4.22. The summed E-state index contributed by atoms with van der Waals surface area (Å²) in [6.45, 7) is 6.51. The summed E-state index contributed by atoms with van der Waals surface area (Å²) >= 11 is 7.16. The first-order valence-corrected chi connectivity index (χ1v) is 6.17. The summed E-state index contributed by atoms with van der Waals surface area (Å²) in [5.41, 5.74) is 2.12. The van der Waals surface area contributed by atoms with E-state index in [2.05, 4.69) is 62.7 Å². The third-order valence-electron chi connectivity index (χ3n) is 2.21. The minimum atomic E-state index is 0.0609. The Morgan fingerprint density at radius 3 is 2.53 bits per heavy atom. The largest absolute Gasteiger partial charge is 0.219 e. The lowest BCUT2D eigenvalue weighted by Crippen LogP contribution is -2.14. The lowest BCUT2D eigenvalue weighted by Gasteiger charge is -2.22. The zero-order valence-corrected chi connectivity index (χ0v) is 11.9. The predicted molar refractivity (Wildman–Crippen MR) is 67.1 cm³/mol. The monoisotopic (exact) mass is 331 g/mol. The fourth-order valence-electron chi connectivity index (χ4n) is 1.58. The summed E-state index contributed by atoms with van der Waals surface area (Å²) < 4.78 is 3.80. The first kappa shape index (κ1) is 11.1. The first-order chi connectivity index (χ1) is 6.91. The number of hydrogen-bond donors (Lipinski definition) is 0. The van der Waals surface area contributed by atoms with Gasteiger partial charge in [-0.25, -0.2) is 9.50 Å². The van der Waals surface area contributed by atoms with E-state index in [1.165, 1.54) is 5.56 Å². The molecule has 3 nitrogen and oxygen atoms in total. The van der Waals surface area contributed by atoms with Gasteiger partial charge in [0, 0.05) is 10.7 Å². The van der Waals surface area contributed by atoms with Gasteiger partial charge in [0.2, 0.25) is 0 Å². The van der Waals surface area contributed by atoms with Gasteiger partial charge in [0.25, 0.3) is 0 Å². The van der Waals surface area contributed by atoms with Crippen LogP contribution in [0.4, 0.5) is 0 Å². The van der Waals surface area contributed by atoms with Crippen molar-refractivity contribution in [1.82, 2.24) is 14.6 Å². The van der Waals surface area contributed by atoms with Crippen LogP contribution in [0.5, 0.6) is 0 Å². The number of aromatic nitrogens is 3. The van der Waals surface area contributed by atoms with E-state index in [9.17, 15) is 0 Å². The van der Waals surface area contributed by atoms with E-state index in [1.54, 1.807) is 10.8 Å². The molecule has 2 heterocycles. The quantitative estimate of drug-likeness (QED) is 0.738. The van der Waals surface area contributed by atoms with Crippen LogP contribution < -0.4 is 0 Å². The molecule has 5 heteroatoms. The Morgan fingerprint density at radius 2 is 1.93 bits per heavy atom. The molecule has 2 aromatic rings. The zero-order valence-electron chi connectivity index (χ0n) is 8.75. The summed E-state index contributed by atoms with van der Waals surface area (Å²) in [5.74, 6) is 0. The second-order valence-electron chi connectivity index (χ2n) is 4.44. The van der Waals surface area contributed by atoms with Crippen LogP contribution in [-0.4, -0.2) is 14.6 Å². The Hall–Kier alpha value is -0.420. The smallest absolute Gasteiger partial charge is 0.169 e. The Labute approximate surface area is 105 Å². The van der Waals surface area contributed by atoms with Crippen LogP contribution in [0.2, 0.25) is 0 Å². The van der Waals surface area contributed by atoms with Gasteiger partial charge in [0.1, 0.15) is 6.33 Å². The molecule has 0 radical (unpaired) electrons. The van der Waals surface area contributed by atoms with Crippen LogP contribution in [0, 0.1) is 0 Å². The van der Waals surface area contributed by atoms with Gasteiger partial charge in [-0.05, 0) is 42.8 Å². The molecule has 0 saturated carbocycles. The minimum Gasteiger partial charge on any atom is -0.219 e. The molecule has 0 spiro atoms. The topological polar surface area (TPSA) is 30.2 Å². The molecular weight excluding hydrogens is 322 g/mol. The number of nitrogens with zero attached hydrogens (tertiary/aromatic N) is 3. The van der Waals surface area contributed by atoms with Crippen molar-refractivity contribution in [2.75, 3.05) is 0 Å². The summed E-state index contributed by atoms with van der Waals surface area (Å²) in [6, 6.07) is 0. The lowest BCUT2D eigenvalue weighted by molar-refractivity contribution is 0.582. The Kier molecular flexibility index (Phi) is 2.63. The highest BCUT2D eigenvalue weighted by molar-refractivity contribution is 9.11. The van der Waals surface area contributed by atoms with E-state index in [4.69, 9.17) is 0 Å². The van der Waals surface area contributed by atoms with Crippen molar-refractivity contribution in [3.8, 4) is 0 Å². The fraction of sp³-hybridized carbons (Fsp3) is 0.400. The lowest BCUT2D eigenvalue weighted by atomic mass is 9.88. The molecule has 2 aromatic heterocycles. The molecule has 0 aliphatic carbocycles. The van der Waals surface area contributed by atoms with Crippen LogP contribution in [-0.2, 0) is 5.41 Å². The highest BCUT2D eigenvalue weighted by Crippen LogP contribution is 2.37. The Bertz CT molecular complexity index is 511. The molecule has 0 fully saturated rings. The van der Waals surface area contributed by atoms with E-state index < -0.39 is 0 Å². The molecule has 0 bridgehead atoms. The molecule has 0 amide bonds. The Morgan fingerprint density at radius 1 is 1.27 bits per heavy atom. The molecule has 0 atom stereocenters. The van der Waals surface area contributed by atoms with Crippen molar-refractivity contribution in [2.24, 2.45) is 0 Å². The van der Waals surface area contributed by atoms with E-state index in [1.807, 2.05) is 6.20 Å². The average Bonchev–Trinajstić information content (AvgIpc) is 2.48. The fourth-order valence-corrected chi connectivity index (χ4v) is 3.92. The maximum Gasteiger partial charge on any atom is 0.169 e. The summed E-state index contributed by atoms with van der Waals surface area (Å²) in [6.07, 6.45) is 3.49. The molecule has 0 saturated heterocycles. The van der Waals surface area contributed by atoms with E-state index >= 15 is 0 Å². The van der Waals surface area contributed by atoms with Crippen molar-refractivity contribution in [2.45, 2.75) is 26.2 Å². The van der Waals surface area contributed by atoms with Gasteiger partial charge in [-0.1, -0.05) is 20.8 Å². The van der Waals surface area contributed by atoms with Gasteiger partial charge in [0.05, 0.1) is 4.47 Å². The van der Waals surface area contributed by atoms with E-state index in [0.29, 0.717) is 0 Å². The zero-order chi connectivity index (χ0) is 11.2. The average molecular weight is 333 g/mol. The van der Waals surface area contributed by atoms with Crippen molar-refractivity contribution in [3.05, 3.63) is 27.0 Å². The number of rotatable bonds is 0. The van der Waals surface area contributed by atoms with Crippen molar-refractivity contribution in [1.29, 1.82) is 0 Å². The molecule has 2 rings (SSSR count). The van der Waals surface area contributed by atoms with E-state index in [-0.39, 0.29) is 5.41 Å². The first-order valence-electron chi connectivity index (χ1n) is 4.59. The van der Waals surface area contributed by atoms with Crippen LogP contribution in [0.3, 0.4) is 0 Å². The number of hydrogen-bond acceptors (Lipinski definition) is 2. The third-order valence-corrected chi connectivity index (χ3v) is 3.57. The van der Waals surface area contributed by atoms with Gasteiger partial charge >= 0.3 is 0 Å². The minimum absolute atomic E-state index is 0.0609. The van der Waals surface area contributed by atoms with Gasteiger partial charge in [0.15, 0.2) is 5.65 Å². The molecule has 0 aromatic carbocycles. The highest BCUT2D eigenvalue weighted by Gasteiger charge is 2.23. The summed E-state index contributed by atoms with van der Waals surface area (Å²) in [5, 5.41) is 4.11. The van der Waals surface area contributed by atoms with Gasteiger partial charge in [-0.15, -0.1) is 0 Å². The number of pyridine rings is 1. The molecule has 15 heavy (non-hydrogen) atoms. The van der Waals surface area contributed by atoms with Crippen LogP contribution >= 0.6 is 31.9 Å². The van der Waals surface area contributed by atoms with Gasteiger partial charge in [-0.2, -0.15) is 5.10 Å².